The van der Waals surface area contributed by atoms with E-state index in [4.69, 9.17) is 5.41 Å². The second-order valence-corrected chi connectivity index (χ2v) is 10.3. The lowest BCUT2D eigenvalue weighted by atomic mass is 9.82. The Morgan fingerprint density at radius 2 is 1.63 bits per heavy atom. The van der Waals surface area contributed by atoms with E-state index in [2.05, 4.69) is 44.1 Å². The highest BCUT2D eigenvalue weighted by molar-refractivity contribution is 6.03. The molecule has 1 amide bonds. The Balaban J connectivity index is 0.00000298. The third-order valence-electron chi connectivity index (χ3n) is 7.68. The molecule has 0 aromatic rings. The lowest BCUT2D eigenvalue weighted by Gasteiger charge is -2.35. The Hall–Kier alpha value is -1.68. The molecule has 2 fully saturated rings. The molecule has 0 radical (unpaired) electrons. The first-order chi connectivity index (χ1) is 16.9. The van der Waals surface area contributed by atoms with Gasteiger partial charge in [-0.3, -0.25) is 4.79 Å². The summed E-state index contributed by atoms with van der Waals surface area (Å²) >= 11 is 0. The molecule has 0 spiro atoms. The summed E-state index contributed by atoms with van der Waals surface area (Å²) in [6, 6.07) is 0. The van der Waals surface area contributed by atoms with Gasteiger partial charge in [-0.05, 0) is 75.6 Å². The first-order valence-corrected chi connectivity index (χ1v) is 14.5. The number of carbonyl (C=O) groups is 1. The quantitative estimate of drug-likeness (QED) is 0.226. The lowest BCUT2D eigenvalue weighted by molar-refractivity contribution is -0.133. The number of carbonyl (C=O) groups excluding carboxylic acids is 1. The van der Waals surface area contributed by atoms with E-state index in [9.17, 15) is 4.79 Å². The zero-order chi connectivity index (χ0) is 26.2. The smallest absolute Gasteiger partial charge is 0.222 e. The summed E-state index contributed by atoms with van der Waals surface area (Å²) in [6.45, 7) is 21.6. The molecule has 35 heavy (non-hydrogen) atoms. The Morgan fingerprint density at radius 3 is 2.23 bits per heavy atom. The predicted octanol–water partition coefficient (Wildman–Crippen LogP) is 7.81. The van der Waals surface area contributed by atoms with E-state index in [-0.39, 0.29) is 5.91 Å². The molecule has 1 N–H and O–H groups in total. The molecule has 1 atom stereocenters. The molecule has 2 rings (SSSR count). The fourth-order valence-corrected chi connectivity index (χ4v) is 5.82. The van der Waals surface area contributed by atoms with E-state index in [1.807, 2.05) is 26.0 Å². The van der Waals surface area contributed by atoms with Crippen LogP contribution in [0.4, 0.5) is 0 Å². The first kappa shape index (κ1) is 31.4. The number of nitrogens with zero attached hydrogens (tertiary/aromatic N) is 2. The molecule has 0 aromatic carbocycles. The normalized spacial score (nSPS) is 20.1. The van der Waals surface area contributed by atoms with Gasteiger partial charge in [0.05, 0.1) is 0 Å². The zero-order valence-corrected chi connectivity index (χ0v) is 23.9. The van der Waals surface area contributed by atoms with Crippen molar-refractivity contribution in [2.24, 2.45) is 11.8 Å². The number of piperidine rings is 1. The number of allylic oxidation sites excluding steroid dienone is 5. The third kappa shape index (κ3) is 10.9. The van der Waals surface area contributed by atoms with Crippen LogP contribution in [-0.4, -0.2) is 54.1 Å². The monoisotopic (exact) mass is 485 g/mol. The molecule has 0 aromatic heterocycles. The van der Waals surface area contributed by atoms with Crippen LogP contribution in [0.25, 0.3) is 0 Å². The predicted molar refractivity (Wildman–Crippen MR) is 153 cm³/mol. The van der Waals surface area contributed by atoms with Crippen molar-refractivity contribution in [1.82, 2.24) is 9.80 Å². The summed E-state index contributed by atoms with van der Waals surface area (Å²) in [4.78, 5) is 17.6. The maximum atomic E-state index is 13.0. The maximum absolute atomic E-state index is 13.0. The molecule has 1 saturated heterocycles. The third-order valence-corrected chi connectivity index (χ3v) is 7.68. The van der Waals surface area contributed by atoms with Crippen LogP contribution in [0.3, 0.4) is 0 Å². The number of hydrogen-bond acceptors (Lipinski definition) is 3. The van der Waals surface area contributed by atoms with Gasteiger partial charge in [0, 0.05) is 31.8 Å². The van der Waals surface area contributed by atoms with E-state index in [0.717, 1.165) is 62.6 Å². The maximum Gasteiger partial charge on any atom is 0.222 e. The SMILES string of the molecule is C=C/C=C(C)\C(C(=N)CCC(=O)N1CCCC(CN(CC)CC)C1)=C(/C)CC1CCCCC1.CC. The van der Waals surface area contributed by atoms with Crippen LogP contribution in [-0.2, 0) is 4.79 Å². The molecule has 200 valence electrons. The highest BCUT2D eigenvalue weighted by atomic mass is 16.2. The van der Waals surface area contributed by atoms with Crippen molar-refractivity contribution in [2.75, 3.05) is 32.7 Å². The van der Waals surface area contributed by atoms with Gasteiger partial charge in [0.1, 0.15) is 0 Å². The summed E-state index contributed by atoms with van der Waals surface area (Å²) in [5, 5.41) is 8.88. The second kappa shape index (κ2) is 17.7. The number of amides is 1. The van der Waals surface area contributed by atoms with E-state index < -0.39 is 0 Å². The molecule has 1 unspecified atom stereocenters. The van der Waals surface area contributed by atoms with E-state index in [0.29, 0.717) is 24.5 Å². The molecule has 2 aliphatic rings. The highest BCUT2D eigenvalue weighted by Crippen LogP contribution is 2.32. The first-order valence-electron chi connectivity index (χ1n) is 14.5. The van der Waals surface area contributed by atoms with Crippen molar-refractivity contribution in [1.29, 1.82) is 5.41 Å². The Bertz CT molecular complexity index is 711. The van der Waals surface area contributed by atoms with Gasteiger partial charge in [-0.25, -0.2) is 0 Å². The average molecular weight is 486 g/mol. The Morgan fingerprint density at radius 1 is 1.00 bits per heavy atom. The van der Waals surface area contributed by atoms with Gasteiger partial charge < -0.3 is 15.2 Å². The molecular formula is C31H55N3O. The highest BCUT2D eigenvalue weighted by Gasteiger charge is 2.25. The topological polar surface area (TPSA) is 47.4 Å². The van der Waals surface area contributed by atoms with Gasteiger partial charge in [-0.2, -0.15) is 0 Å². The fourth-order valence-electron chi connectivity index (χ4n) is 5.82. The summed E-state index contributed by atoms with van der Waals surface area (Å²) in [5.74, 6) is 1.54. The summed E-state index contributed by atoms with van der Waals surface area (Å²) < 4.78 is 0. The summed E-state index contributed by atoms with van der Waals surface area (Å²) in [7, 11) is 0. The summed E-state index contributed by atoms with van der Waals surface area (Å²) in [6.07, 6.45) is 14.8. The van der Waals surface area contributed by atoms with Gasteiger partial charge in [0.15, 0.2) is 0 Å². The minimum atomic E-state index is 0.221. The molecule has 1 aliphatic heterocycles. The molecule has 1 aliphatic carbocycles. The fraction of sp³-hybridized carbons (Fsp3) is 0.742. The van der Waals surface area contributed by atoms with Crippen molar-refractivity contribution in [2.45, 2.75) is 106 Å². The largest absolute Gasteiger partial charge is 0.342 e. The molecule has 4 nitrogen and oxygen atoms in total. The molecule has 1 saturated carbocycles. The Kier molecular flexibility index (Phi) is 15.9. The molecular weight excluding hydrogens is 430 g/mol. The van der Waals surface area contributed by atoms with Crippen LogP contribution in [0.5, 0.6) is 0 Å². The van der Waals surface area contributed by atoms with Crippen LogP contribution >= 0.6 is 0 Å². The number of nitrogens with one attached hydrogen (secondary N) is 1. The van der Waals surface area contributed by atoms with Crippen LogP contribution in [0.2, 0.25) is 0 Å². The van der Waals surface area contributed by atoms with Gasteiger partial charge in [-0.15, -0.1) is 0 Å². The van der Waals surface area contributed by atoms with E-state index in [1.54, 1.807) is 0 Å². The van der Waals surface area contributed by atoms with E-state index in [1.165, 1.54) is 44.1 Å². The van der Waals surface area contributed by atoms with Gasteiger partial charge in [0.2, 0.25) is 5.91 Å². The van der Waals surface area contributed by atoms with Gasteiger partial charge >= 0.3 is 0 Å². The average Bonchev–Trinajstić information content (AvgIpc) is 2.88. The van der Waals surface area contributed by atoms with Gasteiger partial charge in [0.25, 0.3) is 0 Å². The van der Waals surface area contributed by atoms with Crippen LogP contribution in [0, 0.1) is 17.2 Å². The number of hydrogen-bond donors (Lipinski definition) is 1. The number of rotatable bonds is 12. The summed E-state index contributed by atoms with van der Waals surface area (Å²) in [5.41, 5.74) is 4.09. The van der Waals surface area contributed by atoms with E-state index >= 15 is 0 Å². The Labute approximate surface area is 217 Å². The lowest BCUT2D eigenvalue weighted by Crippen LogP contribution is -2.43. The van der Waals surface area contributed by atoms with Crippen molar-refractivity contribution in [3.05, 3.63) is 35.5 Å². The zero-order valence-electron chi connectivity index (χ0n) is 23.9. The minimum Gasteiger partial charge on any atom is -0.342 e. The van der Waals surface area contributed by atoms with Crippen molar-refractivity contribution >= 4 is 11.6 Å². The second-order valence-electron chi connectivity index (χ2n) is 10.3. The molecule has 0 bridgehead atoms. The number of likely N-dealkylation sites (tertiary alicyclic amines) is 1. The van der Waals surface area contributed by atoms with Crippen molar-refractivity contribution in [3.63, 3.8) is 0 Å². The standard InChI is InChI=1S/C29H49N3O.C2H6/c1-6-13-23(4)29(24(5)20-25-14-10-9-11-15-25)27(30)17-18-28(33)32-19-12-16-26(22-32)21-31(7-2)8-3;1-2/h6,13,25-26,30H,1,7-12,14-22H2,2-5H3;1-2H3/b23-13-,29-24-,30-27?;. The minimum absolute atomic E-state index is 0.221. The van der Waals surface area contributed by atoms with Crippen LogP contribution < -0.4 is 0 Å². The van der Waals surface area contributed by atoms with Crippen LogP contribution in [0.15, 0.2) is 35.5 Å². The van der Waals surface area contributed by atoms with Gasteiger partial charge in [-0.1, -0.05) is 84.1 Å². The van der Waals surface area contributed by atoms with Crippen LogP contribution in [0.1, 0.15) is 106 Å². The molecule has 1 heterocycles. The van der Waals surface area contributed by atoms with Crippen molar-refractivity contribution < 1.29 is 4.79 Å². The van der Waals surface area contributed by atoms with Crippen molar-refractivity contribution in [3.8, 4) is 0 Å². The molecule has 4 heteroatoms.